The second-order valence-corrected chi connectivity index (χ2v) is 7.83. The first-order chi connectivity index (χ1) is 13.2. The molecule has 0 N–H and O–H groups in total. The molecule has 3 rings (SSSR count). The molecule has 1 amide bonds. The van der Waals surface area contributed by atoms with Gasteiger partial charge in [0.1, 0.15) is 0 Å². The lowest BCUT2D eigenvalue weighted by molar-refractivity contribution is -0.131. The minimum atomic E-state index is 0.194. The number of carbonyl (C=O) groups excluding carboxylic acids is 1. The summed E-state index contributed by atoms with van der Waals surface area (Å²) < 4.78 is 7.30. The first-order valence-corrected chi connectivity index (χ1v) is 10.6. The Kier molecular flexibility index (Phi) is 7.29. The van der Waals surface area contributed by atoms with Crippen LogP contribution in [0.4, 0.5) is 0 Å². The fourth-order valence-electron chi connectivity index (χ4n) is 3.44. The fourth-order valence-corrected chi connectivity index (χ4v) is 4.29. The summed E-state index contributed by atoms with van der Waals surface area (Å²) in [6.07, 6.45) is 4.29. The van der Waals surface area contributed by atoms with Gasteiger partial charge in [-0.3, -0.25) is 4.79 Å². The molecule has 1 aliphatic rings. The molecular weight excluding hydrogens is 360 g/mol. The Bertz CT molecular complexity index is 735. The molecule has 1 atom stereocenters. The lowest BCUT2D eigenvalue weighted by Gasteiger charge is -2.33. The number of benzene rings is 1. The first-order valence-electron chi connectivity index (χ1n) is 9.60. The average molecular weight is 389 g/mol. The minimum absolute atomic E-state index is 0.194. The maximum atomic E-state index is 12.7. The molecule has 146 valence electrons. The van der Waals surface area contributed by atoms with E-state index in [1.807, 2.05) is 35.2 Å². The Morgan fingerprint density at radius 1 is 1.26 bits per heavy atom. The van der Waals surface area contributed by atoms with Crippen LogP contribution in [0.3, 0.4) is 0 Å². The molecule has 0 unspecified atom stereocenters. The van der Waals surface area contributed by atoms with E-state index in [4.69, 9.17) is 4.74 Å². The van der Waals surface area contributed by atoms with Crippen molar-refractivity contribution in [2.24, 2.45) is 0 Å². The van der Waals surface area contributed by atoms with Crippen LogP contribution in [0, 0.1) is 0 Å². The van der Waals surface area contributed by atoms with E-state index < -0.39 is 0 Å². The van der Waals surface area contributed by atoms with E-state index in [9.17, 15) is 4.79 Å². The third kappa shape index (κ3) is 5.11. The van der Waals surface area contributed by atoms with Crippen molar-refractivity contribution in [1.29, 1.82) is 0 Å². The number of carbonyl (C=O) groups is 1. The predicted octanol–water partition coefficient (Wildman–Crippen LogP) is 3.47. The number of ether oxygens (including phenoxy) is 1. The van der Waals surface area contributed by atoms with Crippen LogP contribution >= 0.6 is 11.8 Å². The number of piperidine rings is 1. The van der Waals surface area contributed by atoms with Crippen LogP contribution < -0.4 is 0 Å². The summed E-state index contributed by atoms with van der Waals surface area (Å²) in [6.45, 7) is 4.46. The molecule has 1 aromatic carbocycles. The number of thioether (sulfide) groups is 1. The molecular formula is C20H28N4O2S. The highest BCUT2D eigenvalue weighted by Gasteiger charge is 2.24. The molecule has 27 heavy (non-hydrogen) atoms. The van der Waals surface area contributed by atoms with Gasteiger partial charge in [-0.2, -0.15) is 0 Å². The lowest BCUT2D eigenvalue weighted by Crippen LogP contribution is -2.43. The summed E-state index contributed by atoms with van der Waals surface area (Å²) in [7, 11) is 1.71. The molecule has 0 aliphatic carbocycles. The van der Waals surface area contributed by atoms with E-state index in [-0.39, 0.29) is 5.91 Å². The van der Waals surface area contributed by atoms with Crippen molar-refractivity contribution in [3.05, 3.63) is 30.3 Å². The molecule has 0 bridgehead atoms. The van der Waals surface area contributed by atoms with Crippen molar-refractivity contribution in [3.8, 4) is 11.4 Å². The monoisotopic (exact) mass is 388 g/mol. The number of nitrogens with zero attached hydrogens (tertiary/aromatic N) is 4. The molecule has 1 saturated heterocycles. The van der Waals surface area contributed by atoms with Crippen molar-refractivity contribution < 1.29 is 9.53 Å². The van der Waals surface area contributed by atoms with Gasteiger partial charge < -0.3 is 14.2 Å². The molecule has 2 aromatic rings. The van der Waals surface area contributed by atoms with Gasteiger partial charge in [0.2, 0.25) is 5.91 Å². The molecule has 1 aromatic heterocycles. The molecule has 0 saturated carbocycles. The van der Waals surface area contributed by atoms with Gasteiger partial charge in [-0.15, -0.1) is 10.2 Å². The fraction of sp³-hybridized carbons (Fsp3) is 0.550. The highest BCUT2D eigenvalue weighted by atomic mass is 32.2. The van der Waals surface area contributed by atoms with Crippen LogP contribution in [0.2, 0.25) is 0 Å². The first kappa shape index (κ1) is 19.9. The molecule has 1 fully saturated rings. The van der Waals surface area contributed by atoms with Gasteiger partial charge in [-0.25, -0.2) is 0 Å². The van der Waals surface area contributed by atoms with Gasteiger partial charge >= 0.3 is 0 Å². The maximum Gasteiger partial charge on any atom is 0.233 e. The van der Waals surface area contributed by atoms with Crippen molar-refractivity contribution in [2.45, 2.75) is 50.4 Å². The molecule has 6 nitrogen and oxygen atoms in total. The van der Waals surface area contributed by atoms with E-state index >= 15 is 0 Å². The highest BCUT2D eigenvalue weighted by molar-refractivity contribution is 7.99. The van der Waals surface area contributed by atoms with Crippen LogP contribution in [0.1, 0.15) is 32.6 Å². The average Bonchev–Trinajstić information content (AvgIpc) is 3.10. The van der Waals surface area contributed by atoms with Gasteiger partial charge in [0.25, 0.3) is 0 Å². The Hall–Kier alpha value is -1.86. The number of likely N-dealkylation sites (tertiary alicyclic amines) is 1. The Balaban J connectivity index is 1.72. The second-order valence-electron chi connectivity index (χ2n) is 6.89. The lowest BCUT2D eigenvalue weighted by atomic mass is 10.0. The predicted molar refractivity (Wildman–Crippen MR) is 108 cm³/mol. The minimum Gasteiger partial charge on any atom is -0.385 e. The standard InChI is InChI=1S/C20H28N4O2S/c1-16-9-6-7-12-23(16)18(25)15-27-20-22-21-19(17-10-4-3-5-11-17)24(20)13-8-14-26-2/h3-5,10-11,16H,6-9,12-15H2,1-2H3/t16-/m1/s1. The Labute approximate surface area is 165 Å². The quantitative estimate of drug-likeness (QED) is 0.512. The zero-order valence-electron chi connectivity index (χ0n) is 16.1. The van der Waals surface area contributed by atoms with Gasteiger partial charge in [0.15, 0.2) is 11.0 Å². The van der Waals surface area contributed by atoms with Crippen LogP contribution in [0.25, 0.3) is 11.4 Å². The summed E-state index contributed by atoms with van der Waals surface area (Å²) in [5, 5.41) is 9.56. The molecule has 1 aliphatic heterocycles. The van der Waals surface area contributed by atoms with Crippen molar-refractivity contribution in [3.63, 3.8) is 0 Å². The summed E-state index contributed by atoms with van der Waals surface area (Å²) in [5.41, 5.74) is 1.03. The van der Waals surface area contributed by atoms with E-state index in [2.05, 4.69) is 21.7 Å². The summed E-state index contributed by atoms with van der Waals surface area (Å²) in [5.74, 6) is 1.44. The largest absolute Gasteiger partial charge is 0.385 e. The van der Waals surface area contributed by atoms with Crippen molar-refractivity contribution >= 4 is 17.7 Å². The van der Waals surface area contributed by atoms with Gasteiger partial charge in [-0.1, -0.05) is 42.1 Å². The van der Waals surface area contributed by atoms with E-state index in [1.165, 1.54) is 18.2 Å². The molecule has 0 spiro atoms. The maximum absolute atomic E-state index is 12.7. The second kappa shape index (κ2) is 9.90. The molecule has 0 radical (unpaired) electrons. The number of aromatic nitrogens is 3. The van der Waals surface area contributed by atoms with Gasteiger partial charge in [0, 0.05) is 38.4 Å². The Morgan fingerprint density at radius 3 is 2.81 bits per heavy atom. The van der Waals surface area contributed by atoms with Crippen molar-refractivity contribution in [2.75, 3.05) is 26.0 Å². The van der Waals surface area contributed by atoms with E-state index in [0.717, 1.165) is 48.9 Å². The number of rotatable bonds is 8. The zero-order chi connectivity index (χ0) is 19.1. The number of hydrogen-bond acceptors (Lipinski definition) is 5. The normalized spacial score (nSPS) is 17.3. The summed E-state index contributed by atoms with van der Waals surface area (Å²) in [4.78, 5) is 14.7. The van der Waals surface area contributed by atoms with E-state index in [0.29, 0.717) is 18.4 Å². The van der Waals surface area contributed by atoms with Crippen LogP contribution in [0.15, 0.2) is 35.5 Å². The molecule has 7 heteroatoms. The van der Waals surface area contributed by atoms with Gasteiger partial charge in [0.05, 0.1) is 5.75 Å². The zero-order valence-corrected chi connectivity index (χ0v) is 17.0. The third-order valence-corrected chi connectivity index (χ3v) is 5.88. The molecule has 2 heterocycles. The number of methoxy groups -OCH3 is 1. The van der Waals surface area contributed by atoms with E-state index in [1.54, 1.807) is 7.11 Å². The smallest absolute Gasteiger partial charge is 0.233 e. The third-order valence-electron chi connectivity index (χ3n) is 4.93. The highest BCUT2D eigenvalue weighted by Crippen LogP contribution is 2.25. The number of amides is 1. The Morgan fingerprint density at radius 2 is 2.07 bits per heavy atom. The van der Waals surface area contributed by atoms with Crippen LogP contribution in [0.5, 0.6) is 0 Å². The van der Waals surface area contributed by atoms with Crippen LogP contribution in [-0.2, 0) is 16.1 Å². The van der Waals surface area contributed by atoms with Gasteiger partial charge in [-0.05, 0) is 32.6 Å². The topological polar surface area (TPSA) is 60.2 Å². The SMILES string of the molecule is COCCCn1c(SCC(=O)N2CCCC[C@H]2C)nnc1-c1ccccc1. The summed E-state index contributed by atoms with van der Waals surface area (Å²) >= 11 is 1.48. The van der Waals surface area contributed by atoms with Crippen LogP contribution in [-0.4, -0.2) is 57.6 Å². The summed E-state index contributed by atoms with van der Waals surface area (Å²) in [6, 6.07) is 10.4. The number of hydrogen-bond donors (Lipinski definition) is 0. The van der Waals surface area contributed by atoms with Crippen molar-refractivity contribution in [1.82, 2.24) is 19.7 Å².